The van der Waals surface area contributed by atoms with Crippen LogP contribution in [0.3, 0.4) is 0 Å². The molecule has 64 valence electrons. The summed E-state index contributed by atoms with van der Waals surface area (Å²) >= 11 is 0. The molecule has 0 saturated carbocycles. The Labute approximate surface area is 70.2 Å². The van der Waals surface area contributed by atoms with Gasteiger partial charge in [-0.3, -0.25) is 0 Å². The van der Waals surface area contributed by atoms with Crippen molar-refractivity contribution in [2.24, 2.45) is 5.92 Å². The minimum atomic E-state index is 0.719. The van der Waals surface area contributed by atoms with Gasteiger partial charge in [-0.1, -0.05) is 38.2 Å². The maximum Gasteiger partial charge on any atom is 0.0137 e. The molecule has 1 heteroatoms. The fourth-order valence-corrected chi connectivity index (χ4v) is 0.955. The number of nitrogens with one attached hydrogen (secondary N) is 1. The first kappa shape index (κ1) is 10.4. The van der Waals surface area contributed by atoms with Crippen LogP contribution < -0.4 is 5.32 Å². The summed E-state index contributed by atoms with van der Waals surface area (Å²) in [5.74, 6) is 0.719. The predicted octanol–water partition coefficient (Wildman–Crippen LogP) is 2.36. The molecular formula is C10H19N. The largest absolute Gasteiger partial charge is 0.316 e. The summed E-state index contributed by atoms with van der Waals surface area (Å²) in [5.41, 5.74) is 1.34. The number of hydrogen-bond donors (Lipinski definition) is 1. The average Bonchev–Trinajstić information content (AvgIpc) is 1.97. The molecule has 0 aliphatic rings. The fraction of sp³-hybridized carbons (Fsp3) is 0.600. The first-order valence-corrected chi connectivity index (χ1v) is 4.16. The third-order valence-corrected chi connectivity index (χ3v) is 1.47. The van der Waals surface area contributed by atoms with E-state index in [9.17, 15) is 0 Å². The van der Waals surface area contributed by atoms with Gasteiger partial charge in [-0.25, -0.2) is 0 Å². The van der Waals surface area contributed by atoms with Crippen molar-refractivity contribution in [3.8, 4) is 0 Å². The van der Waals surface area contributed by atoms with Crippen LogP contribution >= 0.6 is 0 Å². The van der Waals surface area contributed by atoms with Gasteiger partial charge in [0, 0.05) is 6.54 Å². The van der Waals surface area contributed by atoms with Crippen LogP contribution in [0.1, 0.15) is 20.3 Å². The highest BCUT2D eigenvalue weighted by Crippen LogP contribution is 2.10. The fourth-order valence-electron chi connectivity index (χ4n) is 0.955. The van der Waals surface area contributed by atoms with E-state index >= 15 is 0 Å². The van der Waals surface area contributed by atoms with E-state index in [-0.39, 0.29) is 0 Å². The number of hydrogen-bond acceptors (Lipinski definition) is 1. The lowest BCUT2D eigenvalue weighted by Crippen LogP contribution is -2.05. The minimum Gasteiger partial charge on any atom is -0.316 e. The molecule has 0 heterocycles. The van der Waals surface area contributed by atoms with Crippen LogP contribution in [0.5, 0.6) is 0 Å². The lowest BCUT2D eigenvalue weighted by atomic mass is 10.0. The standard InChI is InChI=1S/C10H19N/c1-5-10(6-7-11-4)8-9(2)3/h5-6,9,11H,1,7-8H2,2-4H3/b10-6+. The first-order valence-electron chi connectivity index (χ1n) is 4.16. The van der Waals surface area contributed by atoms with Crippen molar-refractivity contribution in [1.82, 2.24) is 5.32 Å². The van der Waals surface area contributed by atoms with Gasteiger partial charge in [-0.2, -0.15) is 0 Å². The lowest BCUT2D eigenvalue weighted by molar-refractivity contribution is 0.648. The third-order valence-electron chi connectivity index (χ3n) is 1.47. The highest BCUT2D eigenvalue weighted by Gasteiger charge is 1.95. The minimum absolute atomic E-state index is 0.719. The molecule has 0 unspecified atom stereocenters. The van der Waals surface area contributed by atoms with Crippen molar-refractivity contribution in [2.75, 3.05) is 13.6 Å². The van der Waals surface area contributed by atoms with Crippen molar-refractivity contribution in [1.29, 1.82) is 0 Å². The Bertz CT molecular complexity index is 134. The summed E-state index contributed by atoms with van der Waals surface area (Å²) in [4.78, 5) is 0. The zero-order chi connectivity index (χ0) is 8.69. The third kappa shape index (κ3) is 5.86. The molecule has 0 aromatic rings. The normalized spacial score (nSPS) is 12.2. The van der Waals surface area contributed by atoms with Crippen molar-refractivity contribution in [3.63, 3.8) is 0 Å². The van der Waals surface area contributed by atoms with Crippen molar-refractivity contribution < 1.29 is 0 Å². The van der Waals surface area contributed by atoms with Gasteiger partial charge in [-0.05, 0) is 19.4 Å². The Morgan fingerprint density at radius 3 is 2.55 bits per heavy atom. The summed E-state index contributed by atoms with van der Waals surface area (Å²) in [6, 6.07) is 0. The Hall–Kier alpha value is -0.560. The van der Waals surface area contributed by atoms with E-state index in [1.807, 2.05) is 13.1 Å². The molecule has 0 aliphatic carbocycles. The molecule has 0 bridgehead atoms. The maximum atomic E-state index is 3.77. The molecule has 0 atom stereocenters. The quantitative estimate of drug-likeness (QED) is 0.598. The zero-order valence-electron chi connectivity index (χ0n) is 7.85. The second-order valence-corrected chi connectivity index (χ2v) is 3.14. The molecule has 0 aromatic heterocycles. The molecule has 0 radical (unpaired) electrons. The number of rotatable bonds is 5. The Kier molecular flexibility index (Phi) is 5.86. The van der Waals surface area contributed by atoms with Crippen LogP contribution in [-0.4, -0.2) is 13.6 Å². The van der Waals surface area contributed by atoms with Crippen molar-refractivity contribution >= 4 is 0 Å². The van der Waals surface area contributed by atoms with Gasteiger partial charge in [0.2, 0.25) is 0 Å². The average molecular weight is 153 g/mol. The Morgan fingerprint density at radius 2 is 2.18 bits per heavy atom. The van der Waals surface area contributed by atoms with E-state index in [2.05, 4.69) is 31.8 Å². The summed E-state index contributed by atoms with van der Waals surface area (Å²) < 4.78 is 0. The molecule has 0 saturated heterocycles. The molecular weight excluding hydrogens is 134 g/mol. The summed E-state index contributed by atoms with van der Waals surface area (Å²) in [6.07, 6.45) is 5.26. The van der Waals surface area contributed by atoms with E-state index in [1.165, 1.54) is 5.57 Å². The molecule has 1 nitrogen and oxygen atoms in total. The first-order chi connectivity index (χ1) is 5.20. The van der Waals surface area contributed by atoms with Gasteiger partial charge in [0.25, 0.3) is 0 Å². The van der Waals surface area contributed by atoms with Gasteiger partial charge in [0.05, 0.1) is 0 Å². The highest BCUT2D eigenvalue weighted by molar-refractivity contribution is 5.16. The lowest BCUT2D eigenvalue weighted by Gasteiger charge is -2.04. The van der Waals surface area contributed by atoms with Crippen LogP contribution in [0.2, 0.25) is 0 Å². The van der Waals surface area contributed by atoms with Gasteiger partial charge < -0.3 is 5.32 Å². The van der Waals surface area contributed by atoms with Crippen LogP contribution in [-0.2, 0) is 0 Å². The van der Waals surface area contributed by atoms with Crippen molar-refractivity contribution in [2.45, 2.75) is 20.3 Å². The van der Waals surface area contributed by atoms with Crippen molar-refractivity contribution in [3.05, 3.63) is 24.3 Å². The van der Waals surface area contributed by atoms with E-state index in [4.69, 9.17) is 0 Å². The van der Waals surface area contributed by atoms with E-state index < -0.39 is 0 Å². The zero-order valence-corrected chi connectivity index (χ0v) is 7.85. The molecule has 0 aromatic carbocycles. The Morgan fingerprint density at radius 1 is 1.55 bits per heavy atom. The molecule has 0 fully saturated rings. The van der Waals surface area contributed by atoms with E-state index in [1.54, 1.807) is 0 Å². The molecule has 11 heavy (non-hydrogen) atoms. The van der Waals surface area contributed by atoms with Crippen LogP contribution in [0.25, 0.3) is 0 Å². The van der Waals surface area contributed by atoms with E-state index in [0.29, 0.717) is 0 Å². The van der Waals surface area contributed by atoms with Gasteiger partial charge in [-0.15, -0.1) is 0 Å². The topological polar surface area (TPSA) is 12.0 Å². The second kappa shape index (κ2) is 6.17. The van der Waals surface area contributed by atoms with E-state index in [0.717, 1.165) is 18.9 Å². The molecule has 0 rings (SSSR count). The maximum absolute atomic E-state index is 3.77. The number of allylic oxidation sites excluding steroid dienone is 2. The number of likely N-dealkylation sites (N-methyl/N-ethyl adjacent to an activating group) is 1. The summed E-state index contributed by atoms with van der Waals surface area (Å²) in [5, 5.41) is 3.08. The van der Waals surface area contributed by atoms with Crippen LogP contribution in [0.4, 0.5) is 0 Å². The predicted molar refractivity (Wildman–Crippen MR) is 51.7 cm³/mol. The molecule has 0 amide bonds. The highest BCUT2D eigenvalue weighted by atomic mass is 14.8. The smallest absolute Gasteiger partial charge is 0.0137 e. The van der Waals surface area contributed by atoms with Crippen LogP contribution in [0.15, 0.2) is 24.3 Å². The van der Waals surface area contributed by atoms with Gasteiger partial charge in [0.1, 0.15) is 0 Å². The summed E-state index contributed by atoms with van der Waals surface area (Å²) in [7, 11) is 1.95. The second-order valence-electron chi connectivity index (χ2n) is 3.14. The molecule has 1 N–H and O–H groups in total. The molecule has 0 aliphatic heterocycles. The van der Waals surface area contributed by atoms with Gasteiger partial charge >= 0.3 is 0 Å². The van der Waals surface area contributed by atoms with Crippen LogP contribution in [0, 0.1) is 5.92 Å². The SMILES string of the molecule is C=C/C(=C\CNC)CC(C)C. The Balaban J connectivity index is 3.83. The molecule has 0 spiro atoms. The van der Waals surface area contributed by atoms with Gasteiger partial charge in [0.15, 0.2) is 0 Å². The monoisotopic (exact) mass is 153 g/mol. The summed E-state index contributed by atoms with van der Waals surface area (Å²) in [6.45, 7) is 9.15.